The molecular weight excluding hydrogens is 400 g/mol. The Morgan fingerprint density at radius 1 is 1.23 bits per heavy atom. The van der Waals surface area contributed by atoms with E-state index in [9.17, 15) is 4.79 Å². The number of carbonyl (C=O) groups excluding carboxylic acids is 1. The summed E-state index contributed by atoms with van der Waals surface area (Å²) in [6.07, 6.45) is 1.16. The normalized spacial score (nSPS) is 16.2. The summed E-state index contributed by atoms with van der Waals surface area (Å²) in [5, 5.41) is 3.97. The third kappa shape index (κ3) is 5.00. The smallest absolute Gasteiger partial charge is 0.260 e. The predicted molar refractivity (Wildman–Crippen MR) is 111 cm³/mol. The standard InChI is InChI=1S/C22H24N4O5/c1-3-28-18-12-15(2)7-8-17(18)30-14-20(27)26-10-11-29-19(13-26)22-24-21(25-31-22)16-6-4-5-9-23-16/h4-9,12,19H,3,10-11,13-14H2,1-2H3/t19-/m0/s1. The van der Waals surface area contributed by atoms with Crippen molar-refractivity contribution >= 4 is 5.91 Å². The van der Waals surface area contributed by atoms with Crippen LogP contribution in [-0.2, 0) is 9.53 Å². The Kier molecular flexibility index (Phi) is 6.42. The van der Waals surface area contributed by atoms with Gasteiger partial charge in [-0.15, -0.1) is 0 Å². The van der Waals surface area contributed by atoms with Gasteiger partial charge in [0.15, 0.2) is 24.2 Å². The highest BCUT2D eigenvalue weighted by molar-refractivity contribution is 5.78. The highest BCUT2D eigenvalue weighted by atomic mass is 16.5. The lowest BCUT2D eigenvalue weighted by Crippen LogP contribution is -2.44. The maximum atomic E-state index is 12.7. The number of carbonyl (C=O) groups is 1. The number of rotatable bonds is 7. The van der Waals surface area contributed by atoms with Crippen LogP contribution in [0.15, 0.2) is 47.1 Å². The summed E-state index contributed by atoms with van der Waals surface area (Å²) in [7, 11) is 0. The maximum Gasteiger partial charge on any atom is 0.260 e. The van der Waals surface area contributed by atoms with Gasteiger partial charge >= 0.3 is 0 Å². The number of aromatic nitrogens is 3. The van der Waals surface area contributed by atoms with E-state index in [0.717, 1.165) is 5.56 Å². The molecule has 31 heavy (non-hydrogen) atoms. The zero-order valence-electron chi connectivity index (χ0n) is 17.5. The number of benzene rings is 1. The van der Waals surface area contributed by atoms with Gasteiger partial charge in [0.2, 0.25) is 5.82 Å². The molecule has 0 saturated carbocycles. The lowest BCUT2D eigenvalue weighted by Gasteiger charge is -2.31. The van der Waals surface area contributed by atoms with Gasteiger partial charge in [-0.3, -0.25) is 9.78 Å². The van der Waals surface area contributed by atoms with Gasteiger partial charge in [-0.05, 0) is 43.7 Å². The van der Waals surface area contributed by atoms with Crippen LogP contribution in [-0.4, -0.2) is 58.8 Å². The van der Waals surface area contributed by atoms with Gasteiger partial charge in [-0.1, -0.05) is 17.3 Å². The highest BCUT2D eigenvalue weighted by Gasteiger charge is 2.30. The second-order valence-electron chi connectivity index (χ2n) is 7.04. The Morgan fingerprint density at radius 3 is 2.94 bits per heavy atom. The first-order chi connectivity index (χ1) is 15.1. The van der Waals surface area contributed by atoms with E-state index in [-0.39, 0.29) is 12.5 Å². The number of ether oxygens (including phenoxy) is 3. The van der Waals surface area contributed by atoms with Gasteiger partial charge in [0.1, 0.15) is 5.69 Å². The molecule has 1 aliphatic rings. The lowest BCUT2D eigenvalue weighted by molar-refractivity contribution is -0.142. The van der Waals surface area contributed by atoms with E-state index in [4.69, 9.17) is 18.7 Å². The van der Waals surface area contributed by atoms with Gasteiger partial charge < -0.3 is 23.6 Å². The molecule has 4 rings (SSSR count). The number of amides is 1. The number of pyridine rings is 1. The average Bonchev–Trinajstić information content (AvgIpc) is 3.30. The van der Waals surface area contributed by atoms with E-state index in [1.54, 1.807) is 17.2 Å². The first-order valence-corrected chi connectivity index (χ1v) is 10.1. The molecule has 0 N–H and O–H groups in total. The molecule has 0 bridgehead atoms. The molecule has 162 valence electrons. The van der Waals surface area contributed by atoms with Crippen molar-refractivity contribution < 1.29 is 23.5 Å². The van der Waals surface area contributed by atoms with Gasteiger partial charge in [0, 0.05) is 12.7 Å². The van der Waals surface area contributed by atoms with Gasteiger partial charge in [-0.2, -0.15) is 4.98 Å². The molecule has 3 aromatic rings. The molecule has 1 atom stereocenters. The van der Waals surface area contributed by atoms with Crippen LogP contribution in [0.2, 0.25) is 0 Å². The van der Waals surface area contributed by atoms with Crippen molar-refractivity contribution in [3.63, 3.8) is 0 Å². The molecule has 1 fully saturated rings. The van der Waals surface area contributed by atoms with Gasteiger partial charge in [-0.25, -0.2) is 0 Å². The molecule has 9 heteroatoms. The second kappa shape index (κ2) is 9.57. The highest BCUT2D eigenvalue weighted by Crippen LogP contribution is 2.28. The van der Waals surface area contributed by atoms with Crippen LogP contribution < -0.4 is 9.47 Å². The quantitative estimate of drug-likeness (QED) is 0.571. The summed E-state index contributed by atoms with van der Waals surface area (Å²) < 4.78 is 22.5. The Labute approximate surface area is 179 Å². The lowest BCUT2D eigenvalue weighted by atomic mass is 10.2. The Morgan fingerprint density at radius 2 is 2.13 bits per heavy atom. The minimum absolute atomic E-state index is 0.0983. The fourth-order valence-corrected chi connectivity index (χ4v) is 3.22. The van der Waals surface area contributed by atoms with Crippen molar-refractivity contribution in [2.24, 2.45) is 0 Å². The molecule has 0 radical (unpaired) electrons. The summed E-state index contributed by atoms with van der Waals surface area (Å²) in [6, 6.07) is 11.1. The summed E-state index contributed by atoms with van der Waals surface area (Å²) >= 11 is 0. The van der Waals surface area contributed by atoms with Crippen LogP contribution >= 0.6 is 0 Å². The van der Waals surface area contributed by atoms with E-state index >= 15 is 0 Å². The zero-order valence-corrected chi connectivity index (χ0v) is 17.5. The Bertz CT molecular complexity index is 1020. The van der Waals surface area contributed by atoms with Crippen LogP contribution in [0, 0.1) is 6.92 Å². The molecule has 1 amide bonds. The minimum Gasteiger partial charge on any atom is -0.490 e. The fraction of sp³-hybridized carbons (Fsp3) is 0.364. The van der Waals surface area contributed by atoms with Crippen molar-refractivity contribution in [1.29, 1.82) is 0 Å². The van der Waals surface area contributed by atoms with E-state index in [0.29, 0.717) is 55.2 Å². The monoisotopic (exact) mass is 424 g/mol. The number of nitrogens with zero attached hydrogens (tertiary/aromatic N) is 4. The maximum absolute atomic E-state index is 12.7. The molecule has 1 aliphatic heterocycles. The van der Waals surface area contributed by atoms with E-state index in [1.807, 2.05) is 44.2 Å². The fourth-order valence-electron chi connectivity index (χ4n) is 3.22. The number of hydrogen-bond acceptors (Lipinski definition) is 8. The molecule has 3 heterocycles. The zero-order chi connectivity index (χ0) is 21.6. The third-order valence-corrected chi connectivity index (χ3v) is 4.78. The summed E-state index contributed by atoms with van der Waals surface area (Å²) in [5.41, 5.74) is 1.67. The average molecular weight is 424 g/mol. The molecule has 0 spiro atoms. The molecule has 2 aromatic heterocycles. The van der Waals surface area contributed by atoms with Crippen molar-refractivity contribution in [2.75, 3.05) is 32.9 Å². The Balaban J connectivity index is 1.38. The molecule has 9 nitrogen and oxygen atoms in total. The minimum atomic E-state index is -0.499. The molecular formula is C22H24N4O5. The summed E-state index contributed by atoms with van der Waals surface area (Å²) in [4.78, 5) is 23.0. The van der Waals surface area contributed by atoms with Gasteiger partial charge in [0.05, 0.1) is 19.8 Å². The van der Waals surface area contributed by atoms with E-state index in [1.165, 1.54) is 0 Å². The summed E-state index contributed by atoms with van der Waals surface area (Å²) in [5.74, 6) is 1.72. The Hall–Kier alpha value is -3.46. The first kappa shape index (κ1) is 20.8. The van der Waals surface area contributed by atoms with Crippen molar-refractivity contribution in [3.8, 4) is 23.0 Å². The molecule has 1 aromatic carbocycles. The van der Waals surface area contributed by atoms with Crippen LogP contribution in [0.3, 0.4) is 0 Å². The van der Waals surface area contributed by atoms with Crippen LogP contribution in [0.4, 0.5) is 0 Å². The topological polar surface area (TPSA) is 99.8 Å². The molecule has 1 saturated heterocycles. The van der Waals surface area contributed by atoms with Crippen molar-refractivity contribution in [1.82, 2.24) is 20.0 Å². The largest absolute Gasteiger partial charge is 0.490 e. The first-order valence-electron chi connectivity index (χ1n) is 10.1. The number of morpholine rings is 1. The van der Waals surface area contributed by atoms with Crippen LogP contribution in [0.25, 0.3) is 11.5 Å². The number of hydrogen-bond donors (Lipinski definition) is 0. The van der Waals surface area contributed by atoms with Crippen LogP contribution in [0.5, 0.6) is 11.5 Å². The van der Waals surface area contributed by atoms with Crippen molar-refractivity contribution in [2.45, 2.75) is 20.0 Å². The van der Waals surface area contributed by atoms with Crippen LogP contribution in [0.1, 0.15) is 24.5 Å². The number of aryl methyl sites for hydroxylation is 1. The molecule has 0 aliphatic carbocycles. The third-order valence-electron chi connectivity index (χ3n) is 4.78. The molecule has 0 unspecified atom stereocenters. The predicted octanol–water partition coefficient (Wildman–Crippen LogP) is 2.82. The van der Waals surface area contributed by atoms with Crippen molar-refractivity contribution in [3.05, 3.63) is 54.0 Å². The second-order valence-corrected chi connectivity index (χ2v) is 7.04. The SMILES string of the molecule is CCOc1cc(C)ccc1OCC(=O)N1CCO[C@H](c2nc(-c3ccccn3)no2)C1. The van der Waals surface area contributed by atoms with E-state index < -0.39 is 6.10 Å². The summed E-state index contributed by atoms with van der Waals surface area (Å²) in [6.45, 7) is 5.43. The van der Waals surface area contributed by atoms with E-state index in [2.05, 4.69) is 15.1 Å². The van der Waals surface area contributed by atoms with Gasteiger partial charge in [0.25, 0.3) is 11.8 Å².